The van der Waals surface area contributed by atoms with E-state index in [1.165, 1.54) is 38.3 Å². The fourth-order valence-electron chi connectivity index (χ4n) is 2.20. The minimum Gasteiger partial charge on any atom is -0.496 e. The van der Waals surface area contributed by atoms with Gasteiger partial charge in [0.05, 0.1) is 18.0 Å². The van der Waals surface area contributed by atoms with Crippen molar-refractivity contribution in [2.75, 3.05) is 12.4 Å². The number of aryl methyl sites for hydroxylation is 1. The van der Waals surface area contributed by atoms with Gasteiger partial charge in [0.2, 0.25) is 15.9 Å². The molecule has 0 aliphatic carbocycles. The number of carbonyl (C=O) groups is 1. The van der Waals surface area contributed by atoms with Gasteiger partial charge in [0.15, 0.2) is 11.6 Å². The van der Waals surface area contributed by atoms with Crippen LogP contribution in [0.5, 0.6) is 5.75 Å². The van der Waals surface area contributed by atoms with E-state index in [0.717, 1.165) is 12.1 Å². The lowest BCUT2D eigenvalue weighted by atomic mass is 10.2. The van der Waals surface area contributed by atoms with Crippen molar-refractivity contribution in [3.8, 4) is 5.75 Å². The second-order valence-electron chi connectivity index (χ2n) is 5.59. The maximum Gasteiger partial charge on any atom is 0.242 e. The quantitative estimate of drug-likeness (QED) is 0.802. The summed E-state index contributed by atoms with van der Waals surface area (Å²) in [4.78, 5) is 12.1. The average Bonchev–Trinajstić information content (AvgIpc) is 2.57. The lowest BCUT2D eigenvalue weighted by Gasteiger charge is -2.15. The summed E-state index contributed by atoms with van der Waals surface area (Å²) in [6.07, 6.45) is 0. The van der Waals surface area contributed by atoms with Crippen LogP contribution in [0.2, 0.25) is 0 Å². The highest BCUT2D eigenvalue weighted by molar-refractivity contribution is 7.89. The Morgan fingerprint density at radius 2 is 1.81 bits per heavy atom. The molecule has 0 radical (unpaired) electrons. The van der Waals surface area contributed by atoms with Gasteiger partial charge in [-0.3, -0.25) is 4.79 Å². The molecule has 2 aromatic rings. The van der Waals surface area contributed by atoms with Gasteiger partial charge in [0.1, 0.15) is 5.75 Å². The maximum absolute atomic E-state index is 13.2. The van der Waals surface area contributed by atoms with Crippen LogP contribution in [0.15, 0.2) is 41.3 Å². The largest absolute Gasteiger partial charge is 0.496 e. The lowest BCUT2D eigenvalue weighted by Crippen LogP contribution is -2.41. The molecule has 1 atom stereocenters. The predicted octanol–water partition coefficient (Wildman–Crippen LogP) is 2.59. The topological polar surface area (TPSA) is 84.5 Å². The third kappa shape index (κ3) is 4.55. The van der Waals surface area contributed by atoms with Gasteiger partial charge in [-0.05, 0) is 49.7 Å². The Morgan fingerprint density at radius 1 is 1.12 bits per heavy atom. The zero-order valence-corrected chi connectivity index (χ0v) is 15.2. The van der Waals surface area contributed by atoms with E-state index in [9.17, 15) is 22.0 Å². The number of anilines is 1. The third-order valence-corrected chi connectivity index (χ3v) is 5.13. The Balaban J connectivity index is 2.11. The van der Waals surface area contributed by atoms with Crippen LogP contribution in [-0.2, 0) is 14.8 Å². The van der Waals surface area contributed by atoms with Crippen LogP contribution >= 0.6 is 0 Å². The second-order valence-corrected chi connectivity index (χ2v) is 7.31. The SMILES string of the molecule is COc1ccc(S(=O)(=O)NC(C)C(=O)Nc2ccc(F)c(F)c2)cc1C. The van der Waals surface area contributed by atoms with E-state index in [4.69, 9.17) is 4.74 Å². The molecular formula is C17H18F2N2O4S. The molecular weight excluding hydrogens is 366 g/mol. The zero-order valence-electron chi connectivity index (χ0n) is 14.3. The zero-order chi connectivity index (χ0) is 19.5. The molecule has 140 valence electrons. The molecule has 1 amide bonds. The number of ether oxygens (including phenoxy) is 1. The molecule has 2 N–H and O–H groups in total. The van der Waals surface area contributed by atoms with Crippen LogP contribution in [0.1, 0.15) is 12.5 Å². The van der Waals surface area contributed by atoms with E-state index in [1.807, 2.05) is 0 Å². The van der Waals surface area contributed by atoms with Crippen LogP contribution < -0.4 is 14.8 Å². The predicted molar refractivity (Wildman–Crippen MR) is 92.5 cm³/mol. The Kier molecular flexibility index (Phi) is 5.94. The van der Waals surface area contributed by atoms with Crippen LogP contribution in [0, 0.1) is 18.6 Å². The lowest BCUT2D eigenvalue weighted by molar-refractivity contribution is -0.117. The minimum absolute atomic E-state index is 0.0141. The molecule has 26 heavy (non-hydrogen) atoms. The van der Waals surface area contributed by atoms with Crippen molar-refractivity contribution in [3.05, 3.63) is 53.6 Å². The van der Waals surface area contributed by atoms with Gasteiger partial charge in [-0.15, -0.1) is 0 Å². The highest BCUT2D eigenvalue weighted by atomic mass is 32.2. The first-order valence-corrected chi connectivity index (χ1v) is 9.05. The summed E-state index contributed by atoms with van der Waals surface area (Å²) < 4.78 is 58.2. The van der Waals surface area contributed by atoms with Gasteiger partial charge in [-0.25, -0.2) is 17.2 Å². The third-order valence-electron chi connectivity index (χ3n) is 3.59. The standard InChI is InChI=1S/C17H18F2N2O4S/c1-10-8-13(5-7-16(10)25-3)26(23,24)21-11(2)17(22)20-12-4-6-14(18)15(19)9-12/h4-9,11,21H,1-3H3,(H,20,22). The Bertz CT molecular complexity index is 932. The van der Waals surface area contributed by atoms with Crippen molar-refractivity contribution in [2.24, 2.45) is 0 Å². The summed E-state index contributed by atoms with van der Waals surface area (Å²) >= 11 is 0. The number of hydrogen-bond acceptors (Lipinski definition) is 4. The molecule has 0 spiro atoms. The summed E-state index contributed by atoms with van der Waals surface area (Å²) in [6, 6.07) is 5.98. The van der Waals surface area contributed by atoms with E-state index >= 15 is 0 Å². The number of benzene rings is 2. The summed E-state index contributed by atoms with van der Waals surface area (Å²) in [7, 11) is -2.49. The first-order valence-electron chi connectivity index (χ1n) is 7.57. The first kappa shape index (κ1) is 19.8. The number of hydrogen-bond donors (Lipinski definition) is 2. The van der Waals surface area contributed by atoms with Gasteiger partial charge in [0.25, 0.3) is 0 Å². The second kappa shape index (κ2) is 7.79. The fraction of sp³-hybridized carbons (Fsp3) is 0.235. The molecule has 0 fully saturated rings. The molecule has 0 saturated heterocycles. The van der Waals surface area contributed by atoms with Crippen LogP contribution in [-0.4, -0.2) is 27.5 Å². The molecule has 1 unspecified atom stereocenters. The average molecular weight is 384 g/mol. The van der Waals surface area contributed by atoms with E-state index in [1.54, 1.807) is 6.92 Å². The van der Waals surface area contributed by atoms with Gasteiger partial charge in [0, 0.05) is 11.8 Å². The van der Waals surface area contributed by atoms with Crippen LogP contribution in [0.25, 0.3) is 0 Å². The number of carbonyl (C=O) groups excluding carboxylic acids is 1. The minimum atomic E-state index is -3.96. The van der Waals surface area contributed by atoms with Crippen molar-refractivity contribution in [1.29, 1.82) is 0 Å². The van der Waals surface area contributed by atoms with Crippen LogP contribution in [0.4, 0.5) is 14.5 Å². The van der Waals surface area contributed by atoms with E-state index in [-0.39, 0.29) is 10.6 Å². The highest BCUT2D eigenvalue weighted by Crippen LogP contribution is 2.21. The van der Waals surface area contributed by atoms with E-state index in [0.29, 0.717) is 11.3 Å². The molecule has 2 rings (SSSR count). The Hall–Kier alpha value is -2.52. The maximum atomic E-state index is 13.2. The van der Waals surface area contributed by atoms with Gasteiger partial charge >= 0.3 is 0 Å². The number of methoxy groups -OCH3 is 1. The number of rotatable bonds is 6. The number of halogens is 2. The molecule has 0 saturated carbocycles. The van der Waals surface area contributed by atoms with Crippen molar-refractivity contribution in [1.82, 2.24) is 4.72 Å². The van der Waals surface area contributed by atoms with Crippen molar-refractivity contribution < 1.29 is 26.7 Å². The van der Waals surface area contributed by atoms with E-state index in [2.05, 4.69) is 10.0 Å². The summed E-state index contributed by atoms with van der Waals surface area (Å²) in [6.45, 7) is 3.03. The van der Waals surface area contributed by atoms with Crippen LogP contribution in [0.3, 0.4) is 0 Å². The Labute approximate surface area is 150 Å². The van der Waals surface area contributed by atoms with E-state index < -0.39 is 33.6 Å². The molecule has 0 aromatic heterocycles. The molecule has 2 aromatic carbocycles. The Morgan fingerprint density at radius 3 is 2.38 bits per heavy atom. The van der Waals surface area contributed by atoms with Crippen molar-refractivity contribution in [2.45, 2.75) is 24.8 Å². The highest BCUT2D eigenvalue weighted by Gasteiger charge is 2.23. The van der Waals surface area contributed by atoms with Crippen molar-refractivity contribution >= 4 is 21.6 Å². The molecule has 0 aliphatic rings. The van der Waals surface area contributed by atoms with Gasteiger partial charge < -0.3 is 10.1 Å². The van der Waals surface area contributed by atoms with Gasteiger partial charge in [-0.2, -0.15) is 4.72 Å². The number of nitrogens with one attached hydrogen (secondary N) is 2. The van der Waals surface area contributed by atoms with Crippen molar-refractivity contribution in [3.63, 3.8) is 0 Å². The first-order chi connectivity index (χ1) is 12.1. The summed E-state index contributed by atoms with van der Waals surface area (Å²) in [5, 5.41) is 2.32. The summed E-state index contributed by atoms with van der Waals surface area (Å²) in [5.41, 5.74) is 0.634. The summed E-state index contributed by atoms with van der Waals surface area (Å²) in [5.74, 6) is -2.35. The molecule has 6 nitrogen and oxygen atoms in total. The normalized spacial score (nSPS) is 12.5. The molecule has 0 bridgehead atoms. The number of sulfonamides is 1. The monoisotopic (exact) mass is 384 g/mol. The molecule has 0 aliphatic heterocycles. The van der Waals surface area contributed by atoms with Gasteiger partial charge in [-0.1, -0.05) is 0 Å². The molecule has 0 heterocycles. The number of amides is 1. The molecule has 9 heteroatoms. The smallest absolute Gasteiger partial charge is 0.242 e. The fourth-order valence-corrected chi connectivity index (χ4v) is 3.48.